The van der Waals surface area contributed by atoms with Gasteiger partial charge < -0.3 is 16.0 Å². The lowest BCUT2D eigenvalue weighted by molar-refractivity contribution is 0.707. The summed E-state index contributed by atoms with van der Waals surface area (Å²) < 4.78 is 0. The van der Waals surface area contributed by atoms with Gasteiger partial charge in [0.25, 0.3) is 0 Å². The Morgan fingerprint density at radius 1 is 0.966 bits per heavy atom. The first-order valence-electron chi connectivity index (χ1n) is 9.70. The monoisotopic (exact) mass is 383 g/mol. The molecular weight excluding hydrogens is 358 g/mol. The molecule has 0 aliphatic heterocycles. The van der Waals surface area contributed by atoms with E-state index in [4.69, 9.17) is 10.7 Å². The van der Waals surface area contributed by atoms with Crippen molar-refractivity contribution in [3.05, 3.63) is 90.3 Å². The zero-order chi connectivity index (χ0) is 20.2. The first kappa shape index (κ1) is 18.9. The molecule has 2 aromatic heterocycles. The van der Waals surface area contributed by atoms with E-state index in [0.717, 1.165) is 39.4 Å². The van der Waals surface area contributed by atoms with Crippen molar-refractivity contribution in [3.63, 3.8) is 0 Å². The molecule has 5 nitrogen and oxygen atoms in total. The summed E-state index contributed by atoms with van der Waals surface area (Å²) in [5.74, 6) is 0.818. The van der Waals surface area contributed by atoms with Crippen molar-refractivity contribution in [2.75, 3.05) is 24.3 Å². The molecule has 0 radical (unpaired) electrons. The molecule has 1 atom stereocenters. The van der Waals surface area contributed by atoms with Crippen LogP contribution in [0.5, 0.6) is 0 Å². The number of hydrogen-bond donors (Lipinski definition) is 2. The minimum Gasteiger partial charge on any atom is -0.377 e. The van der Waals surface area contributed by atoms with E-state index in [2.05, 4.69) is 39.5 Å². The van der Waals surface area contributed by atoms with E-state index < -0.39 is 0 Å². The molecule has 4 aromatic rings. The number of para-hydroxylation sites is 1. The first-order chi connectivity index (χ1) is 14.1. The van der Waals surface area contributed by atoms with Crippen LogP contribution in [0.2, 0.25) is 0 Å². The lowest BCUT2D eigenvalue weighted by Gasteiger charge is -2.17. The van der Waals surface area contributed by atoms with Gasteiger partial charge in [-0.05, 0) is 35.9 Å². The molecule has 2 aromatic carbocycles. The number of nitrogens with one attached hydrogen (secondary N) is 1. The Kier molecular flexibility index (Phi) is 5.40. The van der Waals surface area contributed by atoms with Crippen LogP contribution in [0.25, 0.3) is 10.9 Å². The molecule has 1 unspecified atom stereocenters. The molecule has 0 amide bonds. The highest BCUT2D eigenvalue weighted by Gasteiger charge is 2.10. The van der Waals surface area contributed by atoms with Crippen molar-refractivity contribution in [2.45, 2.75) is 12.5 Å². The van der Waals surface area contributed by atoms with E-state index in [1.807, 2.05) is 62.6 Å². The van der Waals surface area contributed by atoms with Gasteiger partial charge in [-0.1, -0.05) is 36.4 Å². The predicted molar refractivity (Wildman–Crippen MR) is 121 cm³/mol. The number of hydrogen-bond acceptors (Lipinski definition) is 5. The smallest absolute Gasteiger partial charge is 0.133 e. The Balaban J connectivity index is 1.53. The van der Waals surface area contributed by atoms with Gasteiger partial charge in [-0.2, -0.15) is 0 Å². The average Bonchev–Trinajstić information content (AvgIpc) is 2.74. The van der Waals surface area contributed by atoms with Crippen molar-refractivity contribution in [3.8, 4) is 0 Å². The molecule has 0 aliphatic carbocycles. The number of nitrogens with zero attached hydrogens (tertiary/aromatic N) is 3. The average molecular weight is 383 g/mol. The Hall–Kier alpha value is -3.44. The van der Waals surface area contributed by atoms with Gasteiger partial charge in [0.05, 0.1) is 5.52 Å². The Bertz CT molecular complexity index is 1090. The summed E-state index contributed by atoms with van der Waals surface area (Å²) in [5.41, 5.74) is 11.5. The number of anilines is 3. The van der Waals surface area contributed by atoms with Gasteiger partial charge in [-0.3, -0.25) is 4.98 Å². The fraction of sp³-hybridized carbons (Fsp3) is 0.167. The van der Waals surface area contributed by atoms with Crippen LogP contribution in [-0.4, -0.2) is 24.1 Å². The Morgan fingerprint density at radius 3 is 2.45 bits per heavy atom. The van der Waals surface area contributed by atoms with Crippen LogP contribution in [0.15, 0.2) is 79.0 Å². The molecule has 0 aliphatic rings. The van der Waals surface area contributed by atoms with Gasteiger partial charge in [0.1, 0.15) is 5.82 Å². The van der Waals surface area contributed by atoms with Gasteiger partial charge >= 0.3 is 0 Å². The second-order valence-corrected chi connectivity index (χ2v) is 7.32. The third kappa shape index (κ3) is 4.36. The van der Waals surface area contributed by atoms with Crippen LogP contribution >= 0.6 is 0 Å². The standard InChI is InChI=1S/C24H25N5/c1-29(2)23-16-24(28-22-9-4-3-8-20(22)23)27-18-12-10-17(11-13-18)21(25)15-19-7-5-6-14-26-19/h3-14,16,21H,15,25H2,1-2H3,(H,27,28). The van der Waals surface area contributed by atoms with Crippen molar-refractivity contribution in [1.29, 1.82) is 0 Å². The third-order valence-electron chi connectivity index (χ3n) is 4.94. The van der Waals surface area contributed by atoms with E-state index in [-0.39, 0.29) is 6.04 Å². The van der Waals surface area contributed by atoms with E-state index in [9.17, 15) is 0 Å². The predicted octanol–water partition coefficient (Wildman–Crippen LogP) is 4.68. The number of rotatable bonds is 6. The van der Waals surface area contributed by atoms with Crippen LogP contribution in [0.1, 0.15) is 17.3 Å². The van der Waals surface area contributed by atoms with Crippen molar-refractivity contribution in [1.82, 2.24) is 9.97 Å². The van der Waals surface area contributed by atoms with Gasteiger partial charge in [0.2, 0.25) is 0 Å². The number of aromatic nitrogens is 2. The van der Waals surface area contributed by atoms with E-state index in [0.29, 0.717) is 6.42 Å². The molecule has 4 rings (SSSR count). The largest absolute Gasteiger partial charge is 0.377 e. The molecule has 0 fully saturated rings. The summed E-state index contributed by atoms with van der Waals surface area (Å²) in [6.07, 6.45) is 2.51. The maximum atomic E-state index is 6.37. The molecule has 3 N–H and O–H groups in total. The van der Waals surface area contributed by atoms with E-state index in [1.165, 1.54) is 0 Å². The van der Waals surface area contributed by atoms with Crippen LogP contribution in [0, 0.1) is 0 Å². The quantitative estimate of drug-likeness (QED) is 0.506. The highest BCUT2D eigenvalue weighted by atomic mass is 15.1. The van der Waals surface area contributed by atoms with Crippen molar-refractivity contribution < 1.29 is 0 Å². The topological polar surface area (TPSA) is 67.1 Å². The molecule has 0 saturated heterocycles. The molecule has 0 bridgehead atoms. The van der Waals surface area contributed by atoms with Crippen molar-refractivity contribution in [2.24, 2.45) is 5.73 Å². The van der Waals surface area contributed by atoms with Gasteiger partial charge in [0.15, 0.2) is 0 Å². The normalized spacial score (nSPS) is 12.0. The van der Waals surface area contributed by atoms with Gasteiger partial charge in [-0.15, -0.1) is 0 Å². The summed E-state index contributed by atoms with van der Waals surface area (Å²) in [6, 6.07) is 24.3. The second kappa shape index (κ2) is 8.29. The SMILES string of the molecule is CN(C)c1cc(Nc2ccc(C(N)Cc3ccccn3)cc2)nc2ccccc12. The molecular formula is C24H25N5. The minimum absolute atomic E-state index is 0.0851. The summed E-state index contributed by atoms with van der Waals surface area (Å²) >= 11 is 0. The summed E-state index contributed by atoms with van der Waals surface area (Å²) in [4.78, 5) is 11.2. The molecule has 29 heavy (non-hydrogen) atoms. The highest BCUT2D eigenvalue weighted by Crippen LogP contribution is 2.29. The molecule has 146 valence electrons. The van der Waals surface area contributed by atoms with Crippen LogP contribution in [-0.2, 0) is 6.42 Å². The molecule has 0 saturated carbocycles. The summed E-state index contributed by atoms with van der Waals surface area (Å²) in [5, 5.41) is 4.55. The zero-order valence-corrected chi connectivity index (χ0v) is 16.7. The first-order valence-corrected chi connectivity index (χ1v) is 9.70. The number of pyridine rings is 2. The van der Waals surface area contributed by atoms with Crippen LogP contribution in [0.3, 0.4) is 0 Å². The molecule has 0 spiro atoms. The maximum absolute atomic E-state index is 6.37. The molecule has 2 heterocycles. The minimum atomic E-state index is -0.0851. The second-order valence-electron chi connectivity index (χ2n) is 7.32. The Labute approximate surface area is 171 Å². The maximum Gasteiger partial charge on any atom is 0.133 e. The van der Waals surface area contributed by atoms with Gasteiger partial charge in [-0.25, -0.2) is 4.98 Å². The molecule has 5 heteroatoms. The van der Waals surface area contributed by atoms with Crippen LogP contribution < -0.4 is 16.0 Å². The van der Waals surface area contributed by atoms with Gasteiger partial charge in [0, 0.05) is 61.3 Å². The third-order valence-corrected chi connectivity index (χ3v) is 4.94. The van der Waals surface area contributed by atoms with E-state index in [1.54, 1.807) is 6.20 Å². The fourth-order valence-electron chi connectivity index (χ4n) is 3.41. The summed E-state index contributed by atoms with van der Waals surface area (Å²) in [6.45, 7) is 0. The van der Waals surface area contributed by atoms with Crippen LogP contribution in [0.4, 0.5) is 17.2 Å². The lowest BCUT2D eigenvalue weighted by atomic mass is 10.0. The highest BCUT2D eigenvalue weighted by molar-refractivity contribution is 5.93. The van der Waals surface area contributed by atoms with E-state index >= 15 is 0 Å². The lowest BCUT2D eigenvalue weighted by Crippen LogP contribution is -2.14. The number of fused-ring (bicyclic) bond motifs is 1. The Morgan fingerprint density at radius 2 is 1.72 bits per heavy atom. The number of nitrogens with two attached hydrogens (primary N) is 1. The fourth-order valence-corrected chi connectivity index (χ4v) is 3.41. The van der Waals surface area contributed by atoms with Crippen molar-refractivity contribution >= 4 is 28.1 Å². The summed E-state index contributed by atoms with van der Waals surface area (Å²) in [7, 11) is 4.09. The number of benzene rings is 2. The zero-order valence-electron chi connectivity index (χ0n) is 16.7.